The molecular weight excluding hydrogens is 735 g/mol. The normalized spacial score (nSPS) is 14.9. The van der Waals surface area contributed by atoms with Gasteiger partial charge in [0.1, 0.15) is 0 Å². The van der Waals surface area contributed by atoms with Crippen molar-refractivity contribution in [3.63, 3.8) is 0 Å². The molecule has 1 atom stereocenters. The molecule has 2 aliphatic heterocycles. The summed E-state index contributed by atoms with van der Waals surface area (Å²) in [6, 6.07) is 82.8. The van der Waals surface area contributed by atoms with Crippen LogP contribution in [0, 0.1) is 0 Å². The molecule has 0 fully saturated rings. The number of fused-ring (bicyclic) bond motifs is 13. The molecular formula is C58H37BN2. The summed E-state index contributed by atoms with van der Waals surface area (Å²) in [7, 11) is 0. The van der Waals surface area contributed by atoms with E-state index < -0.39 is 5.41 Å². The molecule has 3 heterocycles. The van der Waals surface area contributed by atoms with Crippen LogP contribution in [0.1, 0.15) is 22.3 Å². The van der Waals surface area contributed by atoms with Crippen molar-refractivity contribution in [3.05, 3.63) is 247 Å². The zero-order valence-electron chi connectivity index (χ0n) is 33.3. The fourth-order valence-corrected chi connectivity index (χ4v) is 11.0. The summed E-state index contributed by atoms with van der Waals surface area (Å²) < 4.78 is 0. The Labute approximate surface area is 356 Å². The Hall–Kier alpha value is -7.75. The number of aromatic nitrogens is 1. The Morgan fingerprint density at radius 2 is 0.934 bits per heavy atom. The number of nitrogens with zero attached hydrogens (tertiary/aromatic N) is 2. The first-order chi connectivity index (χ1) is 30.3. The minimum Gasteiger partial charge on any atom is -0.311 e. The lowest BCUT2D eigenvalue weighted by molar-refractivity contribution is 0.776. The van der Waals surface area contributed by atoms with Gasteiger partial charge in [0.15, 0.2) is 0 Å². The van der Waals surface area contributed by atoms with Crippen LogP contribution in [-0.4, -0.2) is 11.7 Å². The highest BCUT2D eigenvalue weighted by molar-refractivity contribution is 7.00. The highest BCUT2D eigenvalue weighted by Gasteiger charge is 2.54. The van der Waals surface area contributed by atoms with Gasteiger partial charge in [0.25, 0.3) is 0 Å². The second kappa shape index (κ2) is 13.1. The van der Waals surface area contributed by atoms with E-state index >= 15 is 0 Å². The van der Waals surface area contributed by atoms with E-state index in [4.69, 9.17) is 4.98 Å². The molecule has 1 aliphatic carbocycles. The molecule has 0 radical (unpaired) electrons. The number of rotatable bonds is 5. The molecule has 61 heavy (non-hydrogen) atoms. The first-order valence-corrected chi connectivity index (χ1v) is 21.2. The molecule has 0 N–H and O–H groups in total. The zero-order chi connectivity index (χ0) is 40.1. The van der Waals surface area contributed by atoms with Crippen LogP contribution >= 0.6 is 0 Å². The Kier molecular flexibility index (Phi) is 7.35. The lowest BCUT2D eigenvalue weighted by atomic mass is 9.32. The quantitative estimate of drug-likeness (QED) is 0.162. The Morgan fingerprint density at radius 1 is 0.361 bits per heavy atom. The second-order valence-corrected chi connectivity index (χ2v) is 16.6. The van der Waals surface area contributed by atoms with Crippen LogP contribution in [0.3, 0.4) is 0 Å². The van der Waals surface area contributed by atoms with E-state index in [1.54, 1.807) is 0 Å². The van der Waals surface area contributed by atoms with Gasteiger partial charge >= 0.3 is 0 Å². The molecule has 3 heteroatoms. The van der Waals surface area contributed by atoms with Crippen molar-refractivity contribution < 1.29 is 0 Å². The summed E-state index contributed by atoms with van der Waals surface area (Å²) in [5.41, 5.74) is 23.2. The number of benzene rings is 9. The molecule has 1 unspecified atom stereocenters. The largest absolute Gasteiger partial charge is 0.311 e. The van der Waals surface area contributed by atoms with Gasteiger partial charge in [-0.15, -0.1) is 0 Å². The van der Waals surface area contributed by atoms with Crippen LogP contribution in [0.4, 0.5) is 17.1 Å². The van der Waals surface area contributed by atoms with Crippen molar-refractivity contribution >= 4 is 51.1 Å². The maximum Gasteiger partial charge on any atom is 0.243 e. The first-order valence-electron chi connectivity index (χ1n) is 21.2. The summed E-state index contributed by atoms with van der Waals surface area (Å²) in [6.45, 7) is 0.176. The van der Waals surface area contributed by atoms with Crippen molar-refractivity contribution in [2.75, 3.05) is 4.90 Å². The molecule has 9 aromatic carbocycles. The van der Waals surface area contributed by atoms with Gasteiger partial charge < -0.3 is 4.90 Å². The third-order valence-electron chi connectivity index (χ3n) is 13.6. The van der Waals surface area contributed by atoms with E-state index in [9.17, 15) is 0 Å². The molecule has 0 saturated heterocycles. The van der Waals surface area contributed by atoms with E-state index in [1.807, 2.05) is 0 Å². The topological polar surface area (TPSA) is 16.1 Å². The first kappa shape index (κ1) is 34.1. The average molecular weight is 773 g/mol. The molecule has 0 saturated carbocycles. The van der Waals surface area contributed by atoms with E-state index in [-0.39, 0.29) is 6.71 Å². The summed E-state index contributed by atoms with van der Waals surface area (Å²) >= 11 is 0. The molecule has 282 valence electrons. The molecule has 1 spiro atoms. The predicted octanol–water partition coefficient (Wildman–Crippen LogP) is 12.2. The minimum atomic E-state index is -0.550. The number of pyridine rings is 1. The van der Waals surface area contributed by atoms with Gasteiger partial charge in [0.2, 0.25) is 6.71 Å². The van der Waals surface area contributed by atoms with E-state index in [0.717, 1.165) is 39.2 Å². The van der Waals surface area contributed by atoms with Crippen LogP contribution in [0.2, 0.25) is 0 Å². The van der Waals surface area contributed by atoms with Crippen molar-refractivity contribution in [1.29, 1.82) is 0 Å². The Balaban J connectivity index is 1.03. The van der Waals surface area contributed by atoms with E-state index in [2.05, 4.69) is 229 Å². The molecule has 13 rings (SSSR count). The van der Waals surface area contributed by atoms with Crippen LogP contribution < -0.4 is 21.3 Å². The maximum absolute atomic E-state index is 5.21. The second-order valence-electron chi connectivity index (χ2n) is 16.6. The Morgan fingerprint density at radius 3 is 1.70 bits per heavy atom. The lowest BCUT2D eigenvalue weighted by Gasteiger charge is -2.42. The van der Waals surface area contributed by atoms with Gasteiger partial charge in [-0.1, -0.05) is 180 Å². The summed E-state index contributed by atoms with van der Waals surface area (Å²) in [5.74, 6) is 0. The fourth-order valence-electron chi connectivity index (χ4n) is 11.0. The van der Waals surface area contributed by atoms with Gasteiger partial charge in [0.05, 0.1) is 16.6 Å². The number of hydrogen-bond donors (Lipinski definition) is 0. The van der Waals surface area contributed by atoms with Gasteiger partial charge in [-0.25, -0.2) is 4.98 Å². The molecule has 0 amide bonds. The third kappa shape index (κ3) is 4.89. The standard InChI is InChI=1S/C58H37BN2/c1-3-15-42(16-4-1)61(43-17-5-2-6-18-43)44-31-26-38(27-32-44)40-28-33-45-46-34-29-41(56-35-30-39-14-7-12-25-55(39)60-56)37-52(46)58(51(45)36-40)49-21-9-11-24-54(49)59-53-23-10-8-19-47(53)48-20-13-22-50(58)57(48)59/h1-37H. The number of anilines is 3. The molecule has 2 nitrogen and oxygen atoms in total. The van der Waals surface area contributed by atoms with Gasteiger partial charge in [0, 0.05) is 28.0 Å². The lowest BCUT2D eigenvalue weighted by Crippen LogP contribution is -2.59. The highest BCUT2D eigenvalue weighted by atomic mass is 15.1. The SMILES string of the molecule is c1ccc(N(c2ccccc2)c2ccc(-c3ccc4c(c3)C3(c5ccccc5B5c6ccccc6-c6cccc3c65)c3cc(-c5ccc6ccccc6n5)ccc3-4)cc2)cc1. The molecule has 3 aliphatic rings. The smallest absolute Gasteiger partial charge is 0.243 e. The molecule has 1 aromatic heterocycles. The van der Waals surface area contributed by atoms with Crippen LogP contribution in [-0.2, 0) is 5.41 Å². The molecule has 0 bridgehead atoms. The zero-order valence-corrected chi connectivity index (χ0v) is 33.3. The van der Waals surface area contributed by atoms with Gasteiger partial charge in [-0.3, -0.25) is 0 Å². The summed E-state index contributed by atoms with van der Waals surface area (Å²) in [5, 5.41) is 1.15. The van der Waals surface area contributed by atoms with Crippen LogP contribution in [0.15, 0.2) is 224 Å². The van der Waals surface area contributed by atoms with Gasteiger partial charge in [-0.2, -0.15) is 0 Å². The fraction of sp³-hybridized carbons (Fsp3) is 0.0172. The Bertz CT molecular complexity index is 3340. The summed E-state index contributed by atoms with van der Waals surface area (Å²) in [4.78, 5) is 7.54. The number of hydrogen-bond acceptors (Lipinski definition) is 2. The van der Waals surface area contributed by atoms with Crippen molar-refractivity contribution in [2.24, 2.45) is 0 Å². The molecule has 10 aromatic rings. The third-order valence-corrected chi connectivity index (χ3v) is 13.6. The highest BCUT2D eigenvalue weighted by Crippen LogP contribution is 2.58. The van der Waals surface area contributed by atoms with Crippen molar-refractivity contribution in [2.45, 2.75) is 5.41 Å². The predicted molar refractivity (Wildman–Crippen MR) is 255 cm³/mol. The average Bonchev–Trinajstić information content (AvgIpc) is 3.82. The van der Waals surface area contributed by atoms with Crippen LogP contribution in [0.25, 0.3) is 55.5 Å². The monoisotopic (exact) mass is 772 g/mol. The van der Waals surface area contributed by atoms with Crippen molar-refractivity contribution in [1.82, 2.24) is 4.98 Å². The van der Waals surface area contributed by atoms with E-state index in [0.29, 0.717) is 0 Å². The maximum atomic E-state index is 5.21. The van der Waals surface area contributed by atoms with E-state index in [1.165, 1.54) is 72.0 Å². The van der Waals surface area contributed by atoms with Crippen LogP contribution in [0.5, 0.6) is 0 Å². The summed E-state index contributed by atoms with van der Waals surface area (Å²) in [6.07, 6.45) is 0. The van der Waals surface area contributed by atoms with Crippen molar-refractivity contribution in [3.8, 4) is 44.6 Å². The minimum absolute atomic E-state index is 0.176. The number of para-hydroxylation sites is 3. The van der Waals surface area contributed by atoms with Gasteiger partial charge in [-0.05, 0) is 116 Å².